The highest BCUT2D eigenvalue weighted by Crippen LogP contribution is 2.20. The number of aromatic nitrogens is 3. The van der Waals surface area contributed by atoms with Crippen LogP contribution in [0.1, 0.15) is 22.5 Å². The number of hydrogen-bond donors (Lipinski definition) is 1. The van der Waals surface area contributed by atoms with Gasteiger partial charge in [-0.2, -0.15) is 5.10 Å². The summed E-state index contributed by atoms with van der Waals surface area (Å²) in [6.45, 7) is 5.77. The molecule has 0 atom stereocenters. The van der Waals surface area contributed by atoms with Crippen molar-refractivity contribution in [3.63, 3.8) is 0 Å². The molecule has 0 aliphatic carbocycles. The Kier molecular flexibility index (Phi) is 5.21. The summed E-state index contributed by atoms with van der Waals surface area (Å²) in [6.07, 6.45) is 0. The van der Waals surface area contributed by atoms with Crippen molar-refractivity contribution in [3.8, 4) is 5.88 Å². The van der Waals surface area contributed by atoms with Crippen LogP contribution in [0.2, 0.25) is 0 Å². The van der Waals surface area contributed by atoms with Crippen molar-refractivity contribution in [3.05, 3.63) is 63.2 Å². The standard InChI is InChI=1S/C20H22N4O3/c1-12-9-13(2)22-19(27-4)17(12)10-21-18(25)11-24-20(26)16-8-6-5-7-15(16)14(3)23-24/h5-9H,10-11H2,1-4H3,(H,21,25). The molecule has 3 aromatic rings. The maximum absolute atomic E-state index is 12.6. The molecule has 7 heteroatoms. The van der Waals surface area contributed by atoms with Crippen molar-refractivity contribution in [2.45, 2.75) is 33.9 Å². The van der Waals surface area contributed by atoms with Gasteiger partial charge in [0.2, 0.25) is 11.8 Å². The first kappa shape index (κ1) is 18.6. The molecule has 3 rings (SSSR count). The molecule has 0 saturated carbocycles. The third-order valence-corrected chi connectivity index (χ3v) is 4.44. The minimum atomic E-state index is -0.304. The van der Waals surface area contributed by atoms with E-state index in [2.05, 4.69) is 15.4 Å². The highest BCUT2D eigenvalue weighted by molar-refractivity contribution is 5.83. The van der Waals surface area contributed by atoms with Crippen molar-refractivity contribution >= 4 is 16.7 Å². The Bertz CT molecular complexity index is 1070. The number of hydrogen-bond acceptors (Lipinski definition) is 5. The van der Waals surface area contributed by atoms with E-state index >= 15 is 0 Å². The molecule has 1 amide bonds. The van der Waals surface area contributed by atoms with Gasteiger partial charge in [-0.25, -0.2) is 9.67 Å². The molecule has 0 aliphatic rings. The van der Waals surface area contributed by atoms with Crippen LogP contribution in [0.4, 0.5) is 0 Å². The van der Waals surface area contributed by atoms with Crippen LogP contribution < -0.4 is 15.6 Å². The number of amides is 1. The molecular weight excluding hydrogens is 344 g/mol. The van der Waals surface area contributed by atoms with E-state index in [0.29, 0.717) is 17.0 Å². The average molecular weight is 366 g/mol. The Balaban J connectivity index is 1.79. The number of ether oxygens (including phenoxy) is 1. The lowest BCUT2D eigenvalue weighted by Gasteiger charge is -2.13. The first-order valence-electron chi connectivity index (χ1n) is 8.65. The second-order valence-electron chi connectivity index (χ2n) is 6.44. The van der Waals surface area contributed by atoms with Crippen molar-refractivity contribution < 1.29 is 9.53 Å². The van der Waals surface area contributed by atoms with Gasteiger partial charge in [0.25, 0.3) is 5.56 Å². The largest absolute Gasteiger partial charge is 0.481 e. The molecule has 0 spiro atoms. The number of carbonyl (C=O) groups excluding carboxylic acids is 1. The Labute approximate surface area is 157 Å². The number of nitrogens with zero attached hydrogens (tertiary/aromatic N) is 3. The van der Waals surface area contributed by atoms with Gasteiger partial charge in [0.1, 0.15) is 6.54 Å². The molecule has 27 heavy (non-hydrogen) atoms. The van der Waals surface area contributed by atoms with Crippen LogP contribution in [-0.4, -0.2) is 27.8 Å². The summed E-state index contributed by atoms with van der Waals surface area (Å²) in [6, 6.07) is 9.19. The van der Waals surface area contributed by atoms with Crippen molar-refractivity contribution in [2.75, 3.05) is 7.11 Å². The van der Waals surface area contributed by atoms with E-state index in [0.717, 1.165) is 22.2 Å². The third kappa shape index (κ3) is 3.81. The van der Waals surface area contributed by atoms with Gasteiger partial charge in [-0.3, -0.25) is 9.59 Å². The number of pyridine rings is 1. The van der Waals surface area contributed by atoms with Gasteiger partial charge in [-0.15, -0.1) is 0 Å². The molecule has 2 heterocycles. The van der Waals surface area contributed by atoms with Gasteiger partial charge < -0.3 is 10.1 Å². The van der Waals surface area contributed by atoms with Gasteiger partial charge in [-0.05, 0) is 38.5 Å². The lowest BCUT2D eigenvalue weighted by Crippen LogP contribution is -2.34. The number of rotatable bonds is 5. The molecule has 0 radical (unpaired) electrons. The van der Waals surface area contributed by atoms with Crippen molar-refractivity contribution in [1.29, 1.82) is 0 Å². The zero-order valence-corrected chi connectivity index (χ0v) is 15.9. The number of carbonyl (C=O) groups is 1. The smallest absolute Gasteiger partial charge is 0.275 e. The van der Waals surface area contributed by atoms with E-state index in [9.17, 15) is 9.59 Å². The maximum atomic E-state index is 12.6. The second kappa shape index (κ2) is 7.57. The van der Waals surface area contributed by atoms with E-state index < -0.39 is 0 Å². The van der Waals surface area contributed by atoms with E-state index in [1.165, 1.54) is 4.68 Å². The predicted octanol–water partition coefficient (Wildman–Crippen LogP) is 2.04. The van der Waals surface area contributed by atoms with E-state index in [-0.39, 0.29) is 24.6 Å². The molecule has 1 aromatic carbocycles. The fourth-order valence-electron chi connectivity index (χ4n) is 3.10. The number of benzene rings is 1. The molecule has 7 nitrogen and oxygen atoms in total. The van der Waals surface area contributed by atoms with E-state index in [1.54, 1.807) is 19.2 Å². The predicted molar refractivity (Wildman–Crippen MR) is 103 cm³/mol. The molecular formula is C20H22N4O3. The van der Waals surface area contributed by atoms with Crippen LogP contribution in [0.15, 0.2) is 35.1 Å². The number of fused-ring (bicyclic) bond motifs is 1. The lowest BCUT2D eigenvalue weighted by molar-refractivity contribution is -0.122. The molecule has 140 valence electrons. The summed E-state index contributed by atoms with van der Waals surface area (Å²) >= 11 is 0. The molecule has 2 aromatic heterocycles. The Morgan fingerprint density at radius 1 is 1.19 bits per heavy atom. The van der Waals surface area contributed by atoms with Gasteiger partial charge in [0, 0.05) is 23.2 Å². The van der Waals surface area contributed by atoms with Crippen molar-refractivity contribution in [2.24, 2.45) is 0 Å². The van der Waals surface area contributed by atoms with Crippen LogP contribution in [-0.2, 0) is 17.9 Å². The van der Waals surface area contributed by atoms with Crippen LogP contribution in [0.5, 0.6) is 5.88 Å². The third-order valence-electron chi connectivity index (χ3n) is 4.44. The lowest BCUT2D eigenvalue weighted by atomic mass is 10.1. The highest BCUT2D eigenvalue weighted by atomic mass is 16.5. The zero-order chi connectivity index (χ0) is 19.6. The Hall–Kier alpha value is -3.22. The summed E-state index contributed by atoms with van der Waals surface area (Å²) < 4.78 is 6.51. The average Bonchev–Trinajstić information content (AvgIpc) is 2.64. The monoisotopic (exact) mass is 366 g/mol. The topological polar surface area (TPSA) is 86.1 Å². The fourth-order valence-corrected chi connectivity index (χ4v) is 3.10. The Morgan fingerprint density at radius 3 is 2.59 bits per heavy atom. The van der Waals surface area contributed by atoms with Gasteiger partial charge in [0.05, 0.1) is 18.2 Å². The molecule has 0 bridgehead atoms. The number of aryl methyl sites for hydroxylation is 3. The maximum Gasteiger partial charge on any atom is 0.275 e. The molecule has 0 saturated heterocycles. The second-order valence-corrected chi connectivity index (χ2v) is 6.44. The van der Waals surface area contributed by atoms with Crippen LogP contribution >= 0.6 is 0 Å². The minimum Gasteiger partial charge on any atom is -0.481 e. The zero-order valence-electron chi connectivity index (χ0n) is 15.9. The SMILES string of the molecule is COc1nc(C)cc(C)c1CNC(=O)Cn1nc(C)c2ccccc2c1=O. The molecule has 1 N–H and O–H groups in total. The van der Waals surface area contributed by atoms with Gasteiger partial charge in [0.15, 0.2) is 0 Å². The summed E-state index contributed by atoms with van der Waals surface area (Å²) in [4.78, 5) is 29.3. The first-order valence-corrected chi connectivity index (χ1v) is 8.65. The first-order chi connectivity index (χ1) is 12.9. The quantitative estimate of drug-likeness (QED) is 0.747. The van der Waals surface area contributed by atoms with Gasteiger partial charge >= 0.3 is 0 Å². The van der Waals surface area contributed by atoms with Gasteiger partial charge in [-0.1, -0.05) is 18.2 Å². The minimum absolute atomic E-state index is 0.148. The normalized spacial score (nSPS) is 10.8. The number of methoxy groups -OCH3 is 1. The van der Waals surface area contributed by atoms with Crippen LogP contribution in [0, 0.1) is 20.8 Å². The highest BCUT2D eigenvalue weighted by Gasteiger charge is 2.13. The summed E-state index contributed by atoms with van der Waals surface area (Å²) in [5, 5.41) is 8.43. The van der Waals surface area contributed by atoms with E-state index in [1.807, 2.05) is 39.0 Å². The van der Waals surface area contributed by atoms with Crippen molar-refractivity contribution in [1.82, 2.24) is 20.1 Å². The molecule has 0 aliphatic heterocycles. The summed E-state index contributed by atoms with van der Waals surface area (Å²) in [5.74, 6) is 0.186. The summed E-state index contributed by atoms with van der Waals surface area (Å²) in [5.41, 5.74) is 3.07. The Morgan fingerprint density at radius 2 is 1.89 bits per heavy atom. The van der Waals surface area contributed by atoms with Crippen LogP contribution in [0.3, 0.4) is 0 Å². The fraction of sp³-hybridized carbons (Fsp3) is 0.300. The summed E-state index contributed by atoms with van der Waals surface area (Å²) in [7, 11) is 1.55. The molecule has 0 fully saturated rings. The molecule has 0 unspecified atom stereocenters. The number of nitrogens with one attached hydrogen (secondary N) is 1. The van der Waals surface area contributed by atoms with E-state index in [4.69, 9.17) is 4.74 Å². The van der Waals surface area contributed by atoms with Crippen LogP contribution in [0.25, 0.3) is 10.8 Å².